The topological polar surface area (TPSA) is 89.4 Å². The molecular weight excluding hydrogens is 210 g/mol. The zero-order chi connectivity index (χ0) is 11.4. The average molecular weight is 229 g/mol. The van der Waals surface area contributed by atoms with Crippen molar-refractivity contribution in [2.45, 2.75) is 19.8 Å². The predicted octanol–water partition coefficient (Wildman–Crippen LogP) is -2.63. The summed E-state index contributed by atoms with van der Waals surface area (Å²) in [5.41, 5.74) is 0. The van der Waals surface area contributed by atoms with E-state index in [1.165, 1.54) is 30.4 Å². The van der Waals surface area contributed by atoms with E-state index in [2.05, 4.69) is 21.0 Å². The molecule has 0 amide bonds. The van der Waals surface area contributed by atoms with Gasteiger partial charge in [-0.2, -0.15) is 14.0 Å². The van der Waals surface area contributed by atoms with Gasteiger partial charge in [-0.3, -0.25) is 0 Å². The van der Waals surface area contributed by atoms with Crippen LogP contribution in [-0.4, -0.2) is 36.3 Å². The van der Waals surface area contributed by atoms with Crippen molar-refractivity contribution in [2.75, 3.05) is 27.2 Å². The molecule has 0 atom stereocenters. The van der Waals surface area contributed by atoms with Crippen LogP contribution >= 0.6 is 0 Å². The molecule has 0 aromatic heterocycles. The maximum atomic E-state index is 8.60. The summed E-state index contributed by atoms with van der Waals surface area (Å²) in [6.45, 7) is 5.11. The van der Waals surface area contributed by atoms with Gasteiger partial charge in [-0.1, -0.05) is 6.92 Å². The summed E-state index contributed by atoms with van der Waals surface area (Å²) in [6, 6.07) is 0. The molecule has 0 unspecified atom stereocenters. The summed E-state index contributed by atoms with van der Waals surface area (Å²) < 4.78 is 34.0. The van der Waals surface area contributed by atoms with Crippen molar-refractivity contribution in [1.29, 1.82) is 0 Å². The Hall–Kier alpha value is 0.0900. The van der Waals surface area contributed by atoms with E-state index >= 15 is 0 Å². The van der Waals surface area contributed by atoms with E-state index in [4.69, 9.17) is 18.6 Å². The SMILES string of the molecule is CC1CC[N+](C)(C)CC1.[O-][Cl+3]([O-])([O-])O. The Labute approximate surface area is 86.9 Å². The first-order chi connectivity index (χ1) is 6.10. The van der Waals surface area contributed by atoms with Crippen LogP contribution in [0.25, 0.3) is 0 Å². The van der Waals surface area contributed by atoms with Crippen molar-refractivity contribution in [1.82, 2.24) is 0 Å². The van der Waals surface area contributed by atoms with Gasteiger partial charge in [0.1, 0.15) is 0 Å². The highest BCUT2D eigenvalue weighted by Crippen LogP contribution is 2.18. The molecule has 6 heteroatoms. The lowest BCUT2D eigenvalue weighted by molar-refractivity contribution is -1.92. The van der Waals surface area contributed by atoms with E-state index in [0.717, 1.165) is 5.92 Å². The fourth-order valence-electron chi connectivity index (χ4n) is 1.40. The second-order valence-electron chi connectivity index (χ2n) is 4.46. The van der Waals surface area contributed by atoms with Crippen molar-refractivity contribution < 1.29 is 33.4 Å². The zero-order valence-corrected chi connectivity index (χ0v) is 9.66. The van der Waals surface area contributed by atoms with Crippen LogP contribution < -0.4 is 14.0 Å². The van der Waals surface area contributed by atoms with Crippen molar-refractivity contribution in [3.63, 3.8) is 0 Å². The van der Waals surface area contributed by atoms with E-state index in [1.54, 1.807) is 0 Å². The third kappa shape index (κ3) is 10.2. The molecule has 0 saturated carbocycles. The number of likely N-dealkylation sites (tertiary alicyclic amines) is 1. The summed E-state index contributed by atoms with van der Waals surface area (Å²) in [4.78, 5) is 0. The maximum Gasteiger partial charge on any atom is 0.0785 e. The van der Waals surface area contributed by atoms with Gasteiger partial charge in [-0.05, 0) is 18.8 Å². The first-order valence-corrected chi connectivity index (χ1v) is 5.82. The third-order valence-electron chi connectivity index (χ3n) is 2.45. The number of hydrogen-bond donors (Lipinski definition) is 1. The molecule has 1 aliphatic rings. The molecule has 1 fully saturated rings. The molecule has 0 aliphatic carbocycles. The van der Waals surface area contributed by atoms with Crippen LogP contribution in [0.2, 0.25) is 0 Å². The lowest BCUT2D eigenvalue weighted by Crippen LogP contribution is -2.58. The van der Waals surface area contributed by atoms with Crippen LogP contribution in [0.4, 0.5) is 0 Å². The number of rotatable bonds is 0. The standard InChI is InChI=1S/C8H18N.ClHO4/c1-8-4-6-9(2,3)7-5-8;2-1(3,4)5/h8H,4-7H2,1-3H3;(H,2,3,4,5)/q+1;. The number of piperidine rings is 1. The van der Waals surface area contributed by atoms with Gasteiger partial charge in [-0.15, -0.1) is 0 Å². The average Bonchev–Trinajstić information content (AvgIpc) is 1.92. The maximum absolute atomic E-state index is 8.60. The smallest absolute Gasteiger partial charge is 0.0785 e. The summed E-state index contributed by atoms with van der Waals surface area (Å²) in [5.74, 6) is 0.983. The van der Waals surface area contributed by atoms with Gasteiger partial charge < -0.3 is 4.48 Å². The molecular formula is C8H19ClNO4+. The summed E-state index contributed by atoms with van der Waals surface area (Å²) in [6.07, 6.45) is 2.85. The molecule has 0 aromatic carbocycles. The van der Waals surface area contributed by atoms with Gasteiger partial charge in [0.2, 0.25) is 0 Å². The minimum absolute atomic E-state index is 0.983. The molecule has 14 heavy (non-hydrogen) atoms. The van der Waals surface area contributed by atoms with Crippen LogP contribution in [0, 0.1) is 16.2 Å². The highest BCUT2D eigenvalue weighted by Gasteiger charge is 2.22. The Bertz CT molecular complexity index is 153. The monoisotopic (exact) mass is 228 g/mol. The van der Waals surface area contributed by atoms with E-state index in [0.29, 0.717) is 0 Å². The molecule has 0 aromatic rings. The Balaban J connectivity index is 0.000000292. The number of nitrogens with zero attached hydrogens (tertiary/aromatic N) is 1. The molecule has 86 valence electrons. The molecule has 0 radical (unpaired) electrons. The summed E-state index contributed by atoms with van der Waals surface area (Å²) in [7, 11) is -0.0439. The molecule has 0 bridgehead atoms. The van der Waals surface area contributed by atoms with Crippen LogP contribution in [-0.2, 0) is 0 Å². The van der Waals surface area contributed by atoms with Crippen molar-refractivity contribution in [3.05, 3.63) is 0 Å². The lowest BCUT2D eigenvalue weighted by atomic mass is 9.98. The quantitative estimate of drug-likeness (QED) is 0.460. The Morgan fingerprint density at radius 1 is 1.14 bits per heavy atom. The van der Waals surface area contributed by atoms with Crippen LogP contribution in [0.3, 0.4) is 0 Å². The Morgan fingerprint density at radius 3 is 1.64 bits per heavy atom. The summed E-state index contributed by atoms with van der Waals surface area (Å²) in [5, 5.41) is 0. The number of hydrogen-bond acceptors (Lipinski definition) is 4. The fraction of sp³-hybridized carbons (Fsp3) is 1.00. The first-order valence-electron chi connectivity index (χ1n) is 4.55. The van der Waals surface area contributed by atoms with Gasteiger partial charge >= 0.3 is 0 Å². The Morgan fingerprint density at radius 2 is 1.43 bits per heavy atom. The van der Waals surface area contributed by atoms with Gasteiger partial charge in [0, 0.05) is 0 Å². The summed E-state index contributed by atoms with van der Waals surface area (Å²) >= 11 is 0. The molecule has 0 spiro atoms. The van der Waals surface area contributed by atoms with E-state index in [9.17, 15) is 0 Å². The number of halogens is 1. The van der Waals surface area contributed by atoms with Crippen LogP contribution in [0.5, 0.6) is 0 Å². The molecule has 1 N–H and O–H groups in total. The van der Waals surface area contributed by atoms with Gasteiger partial charge in [0.25, 0.3) is 0 Å². The van der Waals surface area contributed by atoms with E-state index in [1.807, 2.05) is 0 Å². The van der Waals surface area contributed by atoms with Crippen LogP contribution in [0.15, 0.2) is 0 Å². The third-order valence-corrected chi connectivity index (χ3v) is 2.45. The molecule has 1 saturated heterocycles. The van der Waals surface area contributed by atoms with Crippen molar-refractivity contribution in [2.24, 2.45) is 5.92 Å². The first kappa shape index (κ1) is 14.1. The van der Waals surface area contributed by atoms with Gasteiger partial charge in [0.05, 0.1) is 42.1 Å². The van der Waals surface area contributed by atoms with Crippen molar-refractivity contribution >= 4 is 0 Å². The minimum Gasteiger partial charge on any atom is -0.328 e. The second kappa shape index (κ2) is 5.25. The second-order valence-corrected chi connectivity index (χ2v) is 5.25. The Kier molecular flexibility index (Phi) is 5.28. The fourth-order valence-corrected chi connectivity index (χ4v) is 1.40. The molecule has 1 heterocycles. The lowest BCUT2D eigenvalue weighted by Gasteiger charge is -2.35. The van der Waals surface area contributed by atoms with Crippen LogP contribution in [0.1, 0.15) is 19.8 Å². The molecule has 5 nitrogen and oxygen atoms in total. The van der Waals surface area contributed by atoms with Gasteiger partial charge in [-0.25, -0.2) is 0 Å². The highest BCUT2D eigenvalue weighted by atomic mass is 35.7. The minimum atomic E-state index is -4.69. The molecule has 1 aliphatic heterocycles. The zero-order valence-electron chi connectivity index (χ0n) is 8.90. The highest BCUT2D eigenvalue weighted by molar-refractivity contribution is 4.57. The predicted molar refractivity (Wildman–Crippen MR) is 42.5 cm³/mol. The number of quaternary nitrogens is 1. The normalized spacial score (nSPS) is 22.5. The largest absolute Gasteiger partial charge is 0.328 e. The van der Waals surface area contributed by atoms with Gasteiger partial charge in [0.15, 0.2) is 0 Å². The van der Waals surface area contributed by atoms with E-state index in [-0.39, 0.29) is 0 Å². The molecule has 1 rings (SSSR count). The van der Waals surface area contributed by atoms with Crippen molar-refractivity contribution in [3.8, 4) is 0 Å². The van der Waals surface area contributed by atoms with E-state index < -0.39 is 10.2 Å².